The molecule has 1 aromatic carbocycles. The third-order valence-corrected chi connectivity index (χ3v) is 2.56. The molecule has 1 aromatic rings. The lowest BCUT2D eigenvalue weighted by Crippen LogP contribution is -2.10. The third-order valence-electron chi connectivity index (χ3n) is 1.68. The molecule has 0 heterocycles. The first-order chi connectivity index (χ1) is 5.72. The summed E-state index contributed by atoms with van der Waals surface area (Å²) in [5.41, 5.74) is 2.78. The van der Waals surface area contributed by atoms with Crippen LogP contribution in [-0.4, -0.2) is 19.0 Å². The molecule has 0 bridgehead atoms. The summed E-state index contributed by atoms with van der Waals surface area (Å²) in [6, 6.07) is 8.80. The molecule has 0 unspecified atom stereocenters. The molecule has 0 aliphatic heterocycles. The topological polar surface area (TPSA) is 3.24 Å². The normalized spacial score (nSPS) is 10.7. The molecule has 0 aliphatic carbocycles. The number of rotatable bonds is 3. The van der Waals surface area contributed by atoms with Gasteiger partial charge in [0.25, 0.3) is 0 Å². The summed E-state index contributed by atoms with van der Waals surface area (Å²) in [6.07, 6.45) is 0. The molecule has 12 heavy (non-hydrogen) atoms. The molecular weight excluding hydrogens is 261 g/mol. The van der Waals surface area contributed by atoms with Gasteiger partial charge in [0.1, 0.15) is 0 Å². The van der Waals surface area contributed by atoms with Gasteiger partial charge in [0.15, 0.2) is 0 Å². The lowest BCUT2D eigenvalue weighted by atomic mass is 10.1. The second-order valence-corrected chi connectivity index (χ2v) is 3.95. The van der Waals surface area contributed by atoms with Crippen LogP contribution in [0.5, 0.6) is 0 Å². The van der Waals surface area contributed by atoms with Crippen molar-refractivity contribution in [3.05, 3.63) is 35.4 Å². The lowest BCUT2D eigenvalue weighted by molar-refractivity contribution is 0.402. The molecule has 0 aromatic heterocycles. The number of alkyl halides is 1. The molecule has 0 fully saturated rings. The summed E-state index contributed by atoms with van der Waals surface area (Å²) in [4.78, 5) is 2.18. The second-order valence-electron chi connectivity index (χ2n) is 3.19. The molecule has 0 aliphatic rings. The summed E-state index contributed by atoms with van der Waals surface area (Å²) < 4.78 is 1.10. The predicted molar refractivity (Wildman–Crippen MR) is 61.6 cm³/mol. The number of nitrogens with zero attached hydrogens (tertiary/aromatic N) is 1. The summed E-state index contributed by atoms with van der Waals surface area (Å²) in [5, 5.41) is 0. The van der Waals surface area contributed by atoms with Crippen molar-refractivity contribution in [2.75, 3.05) is 14.1 Å². The van der Waals surface area contributed by atoms with Gasteiger partial charge >= 0.3 is 0 Å². The van der Waals surface area contributed by atoms with E-state index in [-0.39, 0.29) is 0 Å². The van der Waals surface area contributed by atoms with Crippen molar-refractivity contribution in [1.82, 2.24) is 4.90 Å². The van der Waals surface area contributed by atoms with Crippen LogP contribution in [0.4, 0.5) is 0 Å². The minimum atomic E-state index is 1.03. The van der Waals surface area contributed by atoms with Gasteiger partial charge < -0.3 is 4.90 Å². The van der Waals surface area contributed by atoms with E-state index in [9.17, 15) is 0 Å². The van der Waals surface area contributed by atoms with E-state index in [1.165, 1.54) is 11.1 Å². The molecule has 0 saturated heterocycles. The third kappa shape index (κ3) is 3.11. The zero-order chi connectivity index (χ0) is 8.97. The highest BCUT2D eigenvalue weighted by Crippen LogP contribution is 2.08. The standard InChI is InChI=1S/C10H14IN/c1-12(2)8-10-5-3-9(7-11)4-6-10/h3-6H,7-8H2,1-2H3. The predicted octanol–water partition coefficient (Wildman–Crippen LogP) is 2.68. The van der Waals surface area contributed by atoms with E-state index in [0.29, 0.717) is 0 Å². The fraction of sp³-hybridized carbons (Fsp3) is 0.400. The number of hydrogen-bond acceptors (Lipinski definition) is 1. The maximum Gasteiger partial charge on any atom is 0.0247 e. The van der Waals surface area contributed by atoms with Crippen LogP contribution in [0.25, 0.3) is 0 Å². The monoisotopic (exact) mass is 275 g/mol. The average molecular weight is 275 g/mol. The molecule has 2 heteroatoms. The van der Waals surface area contributed by atoms with Crippen molar-refractivity contribution in [2.45, 2.75) is 11.0 Å². The second kappa shape index (κ2) is 4.82. The Kier molecular flexibility index (Phi) is 4.01. The number of benzene rings is 1. The first kappa shape index (κ1) is 9.99. The average Bonchev–Trinajstić information content (AvgIpc) is 2.05. The number of hydrogen-bond donors (Lipinski definition) is 0. The van der Waals surface area contributed by atoms with Crippen molar-refractivity contribution >= 4 is 22.6 Å². The fourth-order valence-corrected chi connectivity index (χ4v) is 1.61. The Labute approximate surface area is 87.9 Å². The fourth-order valence-electron chi connectivity index (χ4n) is 1.10. The van der Waals surface area contributed by atoms with Crippen molar-refractivity contribution < 1.29 is 0 Å². The Morgan fingerprint density at radius 3 is 2.00 bits per heavy atom. The minimum Gasteiger partial charge on any atom is -0.305 e. The molecule has 0 saturated carbocycles. The van der Waals surface area contributed by atoms with Gasteiger partial charge in [-0.2, -0.15) is 0 Å². The SMILES string of the molecule is CN(C)Cc1ccc(CI)cc1. The maximum absolute atomic E-state index is 2.38. The van der Waals surface area contributed by atoms with Gasteiger partial charge in [-0.1, -0.05) is 46.9 Å². The first-order valence-electron chi connectivity index (χ1n) is 4.01. The van der Waals surface area contributed by atoms with Gasteiger partial charge in [-0.25, -0.2) is 0 Å². The summed E-state index contributed by atoms with van der Waals surface area (Å²) in [6.45, 7) is 1.03. The van der Waals surface area contributed by atoms with Crippen LogP contribution in [0.3, 0.4) is 0 Å². The van der Waals surface area contributed by atoms with Crippen molar-refractivity contribution in [3.8, 4) is 0 Å². The summed E-state index contributed by atoms with van der Waals surface area (Å²) in [5.74, 6) is 0. The maximum atomic E-state index is 2.38. The molecule has 66 valence electrons. The van der Waals surface area contributed by atoms with E-state index in [1.807, 2.05) is 0 Å². The lowest BCUT2D eigenvalue weighted by Gasteiger charge is -2.09. The molecule has 1 nitrogen and oxygen atoms in total. The summed E-state index contributed by atoms with van der Waals surface area (Å²) in [7, 11) is 4.18. The van der Waals surface area contributed by atoms with E-state index in [1.54, 1.807) is 0 Å². The molecular formula is C10H14IN. The van der Waals surface area contributed by atoms with Crippen molar-refractivity contribution in [1.29, 1.82) is 0 Å². The zero-order valence-electron chi connectivity index (χ0n) is 7.55. The van der Waals surface area contributed by atoms with E-state index >= 15 is 0 Å². The van der Waals surface area contributed by atoms with Crippen LogP contribution in [0, 0.1) is 0 Å². The molecule has 0 amide bonds. The van der Waals surface area contributed by atoms with Gasteiger partial charge in [0, 0.05) is 11.0 Å². The van der Waals surface area contributed by atoms with Gasteiger partial charge in [0.2, 0.25) is 0 Å². The van der Waals surface area contributed by atoms with E-state index in [2.05, 4.69) is 65.9 Å². The molecule has 1 rings (SSSR count). The Balaban J connectivity index is 2.65. The Bertz CT molecular complexity index is 228. The Morgan fingerprint density at radius 2 is 1.58 bits per heavy atom. The first-order valence-corrected chi connectivity index (χ1v) is 5.53. The van der Waals surface area contributed by atoms with Crippen molar-refractivity contribution in [3.63, 3.8) is 0 Å². The molecule has 0 atom stereocenters. The zero-order valence-corrected chi connectivity index (χ0v) is 9.71. The van der Waals surface area contributed by atoms with Crippen molar-refractivity contribution in [2.24, 2.45) is 0 Å². The van der Waals surface area contributed by atoms with E-state index in [0.717, 1.165) is 11.0 Å². The van der Waals surface area contributed by atoms with E-state index < -0.39 is 0 Å². The van der Waals surface area contributed by atoms with E-state index in [4.69, 9.17) is 0 Å². The van der Waals surface area contributed by atoms with Gasteiger partial charge in [-0.15, -0.1) is 0 Å². The van der Waals surface area contributed by atoms with Gasteiger partial charge in [0.05, 0.1) is 0 Å². The van der Waals surface area contributed by atoms with Crippen LogP contribution in [0.1, 0.15) is 11.1 Å². The highest BCUT2D eigenvalue weighted by Gasteiger charge is 1.94. The van der Waals surface area contributed by atoms with Crippen LogP contribution in [0.15, 0.2) is 24.3 Å². The number of halogens is 1. The van der Waals surface area contributed by atoms with Crippen LogP contribution >= 0.6 is 22.6 Å². The highest BCUT2D eigenvalue weighted by molar-refractivity contribution is 14.1. The highest BCUT2D eigenvalue weighted by atomic mass is 127. The van der Waals surface area contributed by atoms with Gasteiger partial charge in [-0.3, -0.25) is 0 Å². The van der Waals surface area contributed by atoms with Gasteiger partial charge in [-0.05, 0) is 25.2 Å². The quantitative estimate of drug-likeness (QED) is 0.605. The Hall–Kier alpha value is -0.0900. The Morgan fingerprint density at radius 1 is 1.08 bits per heavy atom. The smallest absolute Gasteiger partial charge is 0.0247 e. The van der Waals surface area contributed by atoms with Crippen LogP contribution < -0.4 is 0 Å². The van der Waals surface area contributed by atoms with Crippen LogP contribution in [-0.2, 0) is 11.0 Å². The minimum absolute atomic E-state index is 1.03. The molecule has 0 N–H and O–H groups in total. The summed E-state index contributed by atoms with van der Waals surface area (Å²) >= 11 is 2.38. The van der Waals surface area contributed by atoms with Crippen LogP contribution in [0.2, 0.25) is 0 Å². The molecule has 0 radical (unpaired) electrons. The molecule has 0 spiro atoms. The largest absolute Gasteiger partial charge is 0.305 e.